The number of carbonyl (C=O) groups excluding carboxylic acids is 2. The van der Waals surface area contributed by atoms with Gasteiger partial charge in [-0.15, -0.1) is 10.2 Å². The van der Waals surface area contributed by atoms with Crippen LogP contribution >= 0.6 is 0 Å². The molecular formula is C23H24N4O4. The third-order valence-electron chi connectivity index (χ3n) is 4.95. The fraction of sp³-hybridized carbons (Fsp3) is 0.304. The molecule has 0 bridgehead atoms. The first kappa shape index (κ1) is 20.6. The summed E-state index contributed by atoms with van der Waals surface area (Å²) in [5.74, 6) is 1.74. The van der Waals surface area contributed by atoms with E-state index in [1.807, 2.05) is 48.5 Å². The number of rotatable bonds is 9. The fourth-order valence-electron chi connectivity index (χ4n) is 3.35. The van der Waals surface area contributed by atoms with Crippen molar-refractivity contribution in [3.8, 4) is 17.2 Å². The molecule has 2 aromatic carbocycles. The quantitative estimate of drug-likeness (QED) is 0.515. The van der Waals surface area contributed by atoms with Gasteiger partial charge in [0, 0.05) is 30.5 Å². The van der Waals surface area contributed by atoms with Crippen molar-refractivity contribution in [2.75, 3.05) is 18.5 Å². The van der Waals surface area contributed by atoms with Crippen LogP contribution in [0.2, 0.25) is 0 Å². The number of anilines is 1. The van der Waals surface area contributed by atoms with Gasteiger partial charge in [-0.3, -0.25) is 9.59 Å². The van der Waals surface area contributed by atoms with Crippen LogP contribution in [0.3, 0.4) is 0 Å². The Morgan fingerprint density at radius 1 is 1.13 bits per heavy atom. The molecule has 0 fully saturated rings. The Balaban J connectivity index is 1.13. The maximum atomic E-state index is 12.0. The minimum Gasteiger partial charge on any atom is -0.492 e. The summed E-state index contributed by atoms with van der Waals surface area (Å²) >= 11 is 0. The summed E-state index contributed by atoms with van der Waals surface area (Å²) in [5, 5.41) is 13.8. The lowest BCUT2D eigenvalue weighted by molar-refractivity contribution is -0.121. The van der Waals surface area contributed by atoms with Crippen molar-refractivity contribution in [1.82, 2.24) is 15.5 Å². The lowest BCUT2D eigenvalue weighted by atomic mass is 10.0. The van der Waals surface area contributed by atoms with Crippen LogP contribution in [0, 0.1) is 0 Å². The van der Waals surface area contributed by atoms with Crippen LogP contribution in [0.5, 0.6) is 5.75 Å². The molecule has 0 saturated heterocycles. The van der Waals surface area contributed by atoms with Crippen molar-refractivity contribution < 1.29 is 18.7 Å². The average molecular weight is 420 g/mol. The Hall–Kier alpha value is -3.68. The Kier molecular flexibility index (Phi) is 6.56. The van der Waals surface area contributed by atoms with Gasteiger partial charge in [0.2, 0.25) is 23.6 Å². The van der Waals surface area contributed by atoms with Crippen molar-refractivity contribution in [2.24, 2.45) is 0 Å². The van der Waals surface area contributed by atoms with Gasteiger partial charge in [-0.2, -0.15) is 0 Å². The summed E-state index contributed by atoms with van der Waals surface area (Å²) in [7, 11) is 0. The maximum absolute atomic E-state index is 12.0. The highest BCUT2D eigenvalue weighted by Crippen LogP contribution is 2.26. The molecule has 2 N–H and O–H groups in total. The SMILES string of the molecule is O=C(CCCc1nnc(-c2ccccc2)o1)NCCOc1ccc2c(c1)CCC(=O)N2. The Bertz CT molecular complexity index is 1050. The number of aryl methyl sites for hydroxylation is 2. The highest BCUT2D eigenvalue weighted by Gasteiger charge is 2.15. The van der Waals surface area contributed by atoms with E-state index in [1.54, 1.807) is 0 Å². The van der Waals surface area contributed by atoms with Crippen molar-refractivity contribution in [3.63, 3.8) is 0 Å². The van der Waals surface area contributed by atoms with Gasteiger partial charge in [0.05, 0.1) is 6.54 Å². The number of fused-ring (bicyclic) bond motifs is 1. The molecule has 8 nitrogen and oxygen atoms in total. The van der Waals surface area contributed by atoms with Gasteiger partial charge in [-0.1, -0.05) is 18.2 Å². The van der Waals surface area contributed by atoms with E-state index in [-0.39, 0.29) is 11.8 Å². The first-order valence-corrected chi connectivity index (χ1v) is 10.4. The zero-order chi connectivity index (χ0) is 21.5. The molecule has 1 aromatic heterocycles. The third kappa shape index (κ3) is 5.69. The van der Waals surface area contributed by atoms with E-state index >= 15 is 0 Å². The van der Waals surface area contributed by atoms with Crippen LogP contribution in [-0.4, -0.2) is 35.2 Å². The summed E-state index contributed by atoms with van der Waals surface area (Å²) in [5.41, 5.74) is 2.79. The molecule has 31 heavy (non-hydrogen) atoms. The van der Waals surface area contributed by atoms with Gasteiger partial charge in [0.25, 0.3) is 0 Å². The highest BCUT2D eigenvalue weighted by atomic mass is 16.5. The monoisotopic (exact) mass is 420 g/mol. The standard InChI is InChI=1S/C23H24N4O4/c28-20(7-4-8-22-26-27-23(31-22)16-5-2-1-3-6-16)24-13-14-30-18-10-11-19-17(15-18)9-12-21(29)25-19/h1-3,5-6,10-11,15H,4,7-9,12-14H2,(H,24,28)(H,25,29). The lowest BCUT2D eigenvalue weighted by Crippen LogP contribution is -2.28. The summed E-state index contributed by atoms with van der Waals surface area (Å²) in [4.78, 5) is 23.4. The van der Waals surface area contributed by atoms with Crippen molar-refractivity contribution in [3.05, 3.63) is 60.0 Å². The molecule has 3 aromatic rings. The molecule has 4 rings (SSSR count). The average Bonchev–Trinajstić information content (AvgIpc) is 3.26. The van der Waals surface area contributed by atoms with E-state index < -0.39 is 0 Å². The number of hydrogen-bond donors (Lipinski definition) is 2. The second kappa shape index (κ2) is 9.88. The molecule has 8 heteroatoms. The highest BCUT2D eigenvalue weighted by molar-refractivity contribution is 5.94. The Morgan fingerprint density at radius 2 is 2.00 bits per heavy atom. The minimum absolute atomic E-state index is 0.0413. The second-order valence-corrected chi connectivity index (χ2v) is 7.29. The van der Waals surface area contributed by atoms with Crippen LogP contribution < -0.4 is 15.4 Å². The number of ether oxygens (including phenoxy) is 1. The largest absolute Gasteiger partial charge is 0.492 e. The number of nitrogens with one attached hydrogen (secondary N) is 2. The predicted octanol–water partition coefficient (Wildman–Crippen LogP) is 3.14. The topological polar surface area (TPSA) is 106 Å². The van der Waals surface area contributed by atoms with Gasteiger partial charge in [-0.05, 0) is 48.7 Å². The number of amides is 2. The zero-order valence-electron chi connectivity index (χ0n) is 17.1. The van der Waals surface area contributed by atoms with E-state index in [0.717, 1.165) is 22.6 Å². The number of hydrogen-bond acceptors (Lipinski definition) is 6. The van der Waals surface area contributed by atoms with Crippen molar-refractivity contribution in [2.45, 2.75) is 32.1 Å². The minimum atomic E-state index is -0.0421. The molecular weight excluding hydrogens is 396 g/mol. The molecule has 2 amide bonds. The van der Waals surface area contributed by atoms with E-state index in [4.69, 9.17) is 9.15 Å². The van der Waals surface area contributed by atoms with E-state index in [9.17, 15) is 9.59 Å². The van der Waals surface area contributed by atoms with Crippen molar-refractivity contribution in [1.29, 1.82) is 0 Å². The molecule has 160 valence electrons. The Morgan fingerprint density at radius 3 is 2.87 bits per heavy atom. The molecule has 0 spiro atoms. The molecule has 0 unspecified atom stereocenters. The number of carbonyl (C=O) groups is 2. The second-order valence-electron chi connectivity index (χ2n) is 7.29. The van der Waals surface area contributed by atoms with Gasteiger partial charge in [0.15, 0.2) is 0 Å². The molecule has 1 aliphatic rings. The predicted molar refractivity (Wildman–Crippen MR) is 115 cm³/mol. The maximum Gasteiger partial charge on any atom is 0.247 e. The van der Waals surface area contributed by atoms with Crippen LogP contribution in [0.15, 0.2) is 52.9 Å². The number of aromatic nitrogens is 2. The van der Waals surface area contributed by atoms with E-state index in [2.05, 4.69) is 20.8 Å². The van der Waals surface area contributed by atoms with Crippen molar-refractivity contribution >= 4 is 17.5 Å². The van der Waals surface area contributed by atoms with Crippen LogP contribution in [0.4, 0.5) is 5.69 Å². The summed E-state index contributed by atoms with van der Waals surface area (Å²) < 4.78 is 11.4. The molecule has 1 aliphatic heterocycles. The first-order chi connectivity index (χ1) is 15.2. The summed E-state index contributed by atoms with van der Waals surface area (Å²) in [6.07, 6.45) is 2.75. The molecule has 2 heterocycles. The lowest BCUT2D eigenvalue weighted by Gasteiger charge is -2.17. The Labute approximate surface area is 180 Å². The van der Waals surface area contributed by atoms with Gasteiger partial charge in [0.1, 0.15) is 12.4 Å². The molecule has 0 saturated carbocycles. The van der Waals surface area contributed by atoms with Gasteiger partial charge < -0.3 is 19.8 Å². The summed E-state index contributed by atoms with van der Waals surface area (Å²) in [6, 6.07) is 15.2. The van der Waals surface area contributed by atoms with E-state index in [0.29, 0.717) is 57.0 Å². The molecule has 0 atom stereocenters. The van der Waals surface area contributed by atoms with Crippen LogP contribution in [0.1, 0.15) is 30.7 Å². The summed E-state index contributed by atoms with van der Waals surface area (Å²) in [6.45, 7) is 0.798. The van der Waals surface area contributed by atoms with Gasteiger partial charge in [-0.25, -0.2) is 0 Å². The molecule has 0 radical (unpaired) electrons. The van der Waals surface area contributed by atoms with Crippen LogP contribution in [-0.2, 0) is 22.4 Å². The third-order valence-corrected chi connectivity index (χ3v) is 4.95. The van der Waals surface area contributed by atoms with Crippen LogP contribution in [0.25, 0.3) is 11.5 Å². The number of nitrogens with zero attached hydrogens (tertiary/aromatic N) is 2. The van der Waals surface area contributed by atoms with E-state index in [1.165, 1.54) is 0 Å². The first-order valence-electron chi connectivity index (χ1n) is 10.4. The molecule has 0 aliphatic carbocycles. The fourth-order valence-corrected chi connectivity index (χ4v) is 3.35. The number of benzene rings is 2. The zero-order valence-corrected chi connectivity index (χ0v) is 17.1. The smallest absolute Gasteiger partial charge is 0.247 e. The normalized spacial score (nSPS) is 12.7. The van der Waals surface area contributed by atoms with Gasteiger partial charge >= 0.3 is 0 Å².